The highest BCUT2D eigenvalue weighted by Gasteiger charge is 2.13. The summed E-state index contributed by atoms with van der Waals surface area (Å²) in [5.74, 6) is -0.0427. The molecule has 0 heterocycles. The summed E-state index contributed by atoms with van der Waals surface area (Å²) in [6.45, 7) is 5.87. The third-order valence-electron chi connectivity index (χ3n) is 2.31. The zero-order valence-electron chi connectivity index (χ0n) is 11.4. The number of esters is 1. The molecular weight excluding hydrogens is 248 g/mol. The summed E-state index contributed by atoms with van der Waals surface area (Å²) >= 11 is 0. The van der Waals surface area contributed by atoms with Gasteiger partial charge in [0.25, 0.3) is 0 Å². The second kappa shape index (κ2) is 7.41. The SMILES string of the molecule is CCOC(=O)Cc1cc(C)ccc1OC(=O)OCC. The molecule has 0 N–H and O–H groups in total. The number of carbonyl (C=O) groups excluding carboxylic acids is 2. The monoisotopic (exact) mass is 266 g/mol. The number of benzene rings is 1. The van der Waals surface area contributed by atoms with E-state index in [-0.39, 0.29) is 19.0 Å². The Balaban J connectivity index is 2.85. The van der Waals surface area contributed by atoms with E-state index in [9.17, 15) is 9.59 Å². The first kappa shape index (κ1) is 15.0. The number of hydrogen-bond acceptors (Lipinski definition) is 5. The van der Waals surface area contributed by atoms with E-state index in [1.165, 1.54) is 0 Å². The molecule has 0 saturated carbocycles. The van der Waals surface area contributed by atoms with Crippen LogP contribution in [0.2, 0.25) is 0 Å². The van der Waals surface area contributed by atoms with Gasteiger partial charge < -0.3 is 14.2 Å². The smallest absolute Gasteiger partial charge is 0.466 e. The van der Waals surface area contributed by atoms with Crippen LogP contribution in [0, 0.1) is 6.92 Å². The molecule has 0 radical (unpaired) electrons. The molecule has 5 nitrogen and oxygen atoms in total. The van der Waals surface area contributed by atoms with Crippen LogP contribution >= 0.6 is 0 Å². The van der Waals surface area contributed by atoms with Crippen LogP contribution in [-0.2, 0) is 20.7 Å². The lowest BCUT2D eigenvalue weighted by molar-refractivity contribution is -0.142. The van der Waals surface area contributed by atoms with Gasteiger partial charge in [-0.3, -0.25) is 4.79 Å². The van der Waals surface area contributed by atoms with E-state index >= 15 is 0 Å². The van der Waals surface area contributed by atoms with Gasteiger partial charge in [-0.25, -0.2) is 4.79 Å². The van der Waals surface area contributed by atoms with Gasteiger partial charge in [0.1, 0.15) is 5.75 Å². The minimum atomic E-state index is -0.781. The van der Waals surface area contributed by atoms with E-state index in [1.54, 1.807) is 32.0 Å². The predicted octanol–water partition coefficient (Wildman–Crippen LogP) is 2.64. The molecule has 0 fully saturated rings. The van der Waals surface area contributed by atoms with Crippen LogP contribution in [0.1, 0.15) is 25.0 Å². The Labute approximate surface area is 112 Å². The molecule has 0 saturated heterocycles. The van der Waals surface area contributed by atoms with Crippen molar-refractivity contribution in [1.29, 1.82) is 0 Å². The number of hydrogen-bond donors (Lipinski definition) is 0. The van der Waals surface area contributed by atoms with E-state index in [0.29, 0.717) is 17.9 Å². The highest BCUT2D eigenvalue weighted by Crippen LogP contribution is 2.21. The highest BCUT2D eigenvalue weighted by atomic mass is 16.7. The van der Waals surface area contributed by atoms with E-state index in [0.717, 1.165) is 5.56 Å². The van der Waals surface area contributed by atoms with Crippen LogP contribution in [0.3, 0.4) is 0 Å². The first-order valence-electron chi connectivity index (χ1n) is 6.16. The number of carbonyl (C=O) groups is 2. The van der Waals surface area contributed by atoms with Crippen LogP contribution in [0.4, 0.5) is 4.79 Å². The van der Waals surface area contributed by atoms with Crippen molar-refractivity contribution in [3.63, 3.8) is 0 Å². The summed E-state index contributed by atoms with van der Waals surface area (Å²) in [7, 11) is 0. The molecule has 0 spiro atoms. The Hall–Kier alpha value is -2.04. The van der Waals surface area contributed by atoms with Crippen molar-refractivity contribution in [3.05, 3.63) is 29.3 Å². The minimum Gasteiger partial charge on any atom is -0.466 e. The normalized spacial score (nSPS) is 9.84. The molecule has 0 atom stereocenters. The maximum Gasteiger partial charge on any atom is 0.513 e. The number of rotatable bonds is 5. The molecule has 5 heteroatoms. The number of ether oxygens (including phenoxy) is 3. The second-order valence-electron chi connectivity index (χ2n) is 3.88. The standard InChI is InChI=1S/C14H18O5/c1-4-17-13(15)9-11-8-10(3)6-7-12(11)19-14(16)18-5-2/h6-8H,4-5,9H2,1-3H3. The molecular formula is C14H18O5. The fraction of sp³-hybridized carbons (Fsp3) is 0.429. The quantitative estimate of drug-likeness (QED) is 0.605. The molecule has 1 aromatic rings. The van der Waals surface area contributed by atoms with Gasteiger partial charge in [0.15, 0.2) is 0 Å². The maximum atomic E-state index is 11.5. The second-order valence-corrected chi connectivity index (χ2v) is 3.88. The largest absolute Gasteiger partial charge is 0.513 e. The molecule has 0 aliphatic carbocycles. The number of aryl methyl sites for hydroxylation is 1. The van der Waals surface area contributed by atoms with Crippen molar-refractivity contribution in [3.8, 4) is 5.75 Å². The van der Waals surface area contributed by atoms with Crippen LogP contribution in [0.15, 0.2) is 18.2 Å². The van der Waals surface area contributed by atoms with E-state index in [1.807, 2.05) is 6.92 Å². The summed E-state index contributed by atoms with van der Waals surface area (Å²) in [4.78, 5) is 22.8. The fourth-order valence-electron chi connectivity index (χ4n) is 1.55. The summed E-state index contributed by atoms with van der Waals surface area (Å²) in [5.41, 5.74) is 1.57. The van der Waals surface area contributed by atoms with E-state index in [2.05, 4.69) is 0 Å². The molecule has 0 aliphatic heterocycles. The minimum absolute atomic E-state index is 0.0598. The van der Waals surface area contributed by atoms with E-state index in [4.69, 9.17) is 14.2 Å². The fourth-order valence-corrected chi connectivity index (χ4v) is 1.55. The summed E-state index contributed by atoms with van der Waals surface area (Å²) in [5, 5.41) is 0. The van der Waals surface area contributed by atoms with Crippen LogP contribution in [0.25, 0.3) is 0 Å². The Bertz CT molecular complexity index is 453. The zero-order valence-corrected chi connectivity index (χ0v) is 11.4. The molecule has 0 aliphatic rings. The lowest BCUT2D eigenvalue weighted by Crippen LogP contribution is -2.13. The lowest BCUT2D eigenvalue weighted by atomic mass is 10.1. The molecule has 0 bridgehead atoms. The lowest BCUT2D eigenvalue weighted by Gasteiger charge is -2.10. The van der Waals surface area contributed by atoms with E-state index < -0.39 is 6.16 Å². The Morgan fingerprint density at radius 2 is 1.79 bits per heavy atom. The predicted molar refractivity (Wildman–Crippen MR) is 69.2 cm³/mol. The highest BCUT2D eigenvalue weighted by molar-refractivity contribution is 5.74. The molecule has 1 rings (SSSR count). The van der Waals surface area contributed by atoms with Gasteiger partial charge in [0.2, 0.25) is 0 Å². The van der Waals surface area contributed by atoms with Crippen LogP contribution < -0.4 is 4.74 Å². The molecule has 19 heavy (non-hydrogen) atoms. The van der Waals surface area contributed by atoms with Crippen LogP contribution in [-0.4, -0.2) is 25.3 Å². The summed E-state index contributed by atoms with van der Waals surface area (Å²) in [6, 6.07) is 5.22. The van der Waals surface area contributed by atoms with Crippen molar-refractivity contribution in [2.75, 3.05) is 13.2 Å². The van der Waals surface area contributed by atoms with Crippen LogP contribution in [0.5, 0.6) is 5.75 Å². The molecule has 0 unspecified atom stereocenters. The van der Waals surface area contributed by atoms with Crippen molar-refractivity contribution in [2.24, 2.45) is 0 Å². The van der Waals surface area contributed by atoms with Gasteiger partial charge in [-0.15, -0.1) is 0 Å². The zero-order chi connectivity index (χ0) is 14.3. The molecule has 0 amide bonds. The topological polar surface area (TPSA) is 61.8 Å². The van der Waals surface area contributed by atoms with Gasteiger partial charge in [-0.05, 0) is 26.8 Å². The van der Waals surface area contributed by atoms with Gasteiger partial charge in [-0.2, -0.15) is 0 Å². The van der Waals surface area contributed by atoms with Gasteiger partial charge in [0.05, 0.1) is 19.6 Å². The van der Waals surface area contributed by atoms with Gasteiger partial charge in [0, 0.05) is 5.56 Å². The first-order chi connectivity index (χ1) is 9.06. The van der Waals surface area contributed by atoms with Crippen molar-refractivity contribution in [1.82, 2.24) is 0 Å². The van der Waals surface area contributed by atoms with Gasteiger partial charge in [-0.1, -0.05) is 17.7 Å². The molecule has 0 aromatic heterocycles. The Morgan fingerprint density at radius 3 is 2.42 bits per heavy atom. The molecule has 104 valence electrons. The van der Waals surface area contributed by atoms with Crippen molar-refractivity contribution < 1.29 is 23.8 Å². The first-order valence-corrected chi connectivity index (χ1v) is 6.16. The summed E-state index contributed by atoms with van der Waals surface area (Å²) in [6.07, 6.45) is -0.721. The molecule has 1 aromatic carbocycles. The summed E-state index contributed by atoms with van der Waals surface area (Å²) < 4.78 is 14.6. The maximum absolute atomic E-state index is 11.5. The third-order valence-corrected chi connectivity index (χ3v) is 2.31. The Morgan fingerprint density at radius 1 is 1.11 bits per heavy atom. The third kappa shape index (κ3) is 4.99. The average molecular weight is 266 g/mol. The van der Waals surface area contributed by atoms with Crippen molar-refractivity contribution in [2.45, 2.75) is 27.2 Å². The van der Waals surface area contributed by atoms with Gasteiger partial charge >= 0.3 is 12.1 Å². The average Bonchev–Trinajstić information content (AvgIpc) is 2.33. The van der Waals surface area contributed by atoms with Crippen molar-refractivity contribution >= 4 is 12.1 Å². The Kier molecular flexibility index (Phi) is 5.85.